The Hall–Kier alpha value is -0.530. The summed E-state index contributed by atoms with van der Waals surface area (Å²) in [6.45, 7) is 2.14. The lowest BCUT2D eigenvalue weighted by molar-refractivity contribution is -0.124. The second kappa shape index (κ2) is 1.31. The number of piperidine rings is 1. The Morgan fingerprint density at radius 1 is 1.78 bits per heavy atom. The molecule has 1 saturated heterocycles. The maximum absolute atomic E-state index is 10.9. The molecule has 9 heavy (non-hydrogen) atoms. The molecule has 1 saturated carbocycles. The highest BCUT2D eigenvalue weighted by Gasteiger charge is 2.46. The standard InChI is InChI=1S/C7H11NO/c1-7-3-2-5(4-7)6(9)8-7/h5H,2-4H2,1H3,(H,8,9). The van der Waals surface area contributed by atoms with Crippen molar-refractivity contribution in [1.82, 2.24) is 5.32 Å². The van der Waals surface area contributed by atoms with Crippen molar-refractivity contribution in [2.45, 2.75) is 31.7 Å². The van der Waals surface area contributed by atoms with Crippen molar-refractivity contribution in [3.05, 3.63) is 0 Å². The van der Waals surface area contributed by atoms with Gasteiger partial charge in [-0.1, -0.05) is 0 Å². The first-order chi connectivity index (χ1) is 4.20. The molecule has 0 spiro atoms. The Kier molecular flexibility index (Phi) is 0.765. The molecule has 2 nitrogen and oxygen atoms in total. The Balaban J connectivity index is 2.28. The Labute approximate surface area is 54.6 Å². The van der Waals surface area contributed by atoms with E-state index in [9.17, 15) is 4.79 Å². The minimum Gasteiger partial charge on any atom is -0.351 e. The van der Waals surface area contributed by atoms with E-state index in [4.69, 9.17) is 0 Å². The molecule has 0 aromatic carbocycles. The van der Waals surface area contributed by atoms with Crippen LogP contribution in [-0.2, 0) is 4.79 Å². The van der Waals surface area contributed by atoms with Gasteiger partial charge >= 0.3 is 0 Å². The molecule has 0 aromatic rings. The van der Waals surface area contributed by atoms with Gasteiger partial charge in [0, 0.05) is 11.5 Å². The lowest BCUT2D eigenvalue weighted by Crippen LogP contribution is -2.40. The Morgan fingerprint density at radius 2 is 2.56 bits per heavy atom. The van der Waals surface area contributed by atoms with Gasteiger partial charge < -0.3 is 5.32 Å². The first-order valence-electron chi connectivity index (χ1n) is 3.52. The van der Waals surface area contributed by atoms with Gasteiger partial charge in [0.25, 0.3) is 0 Å². The predicted molar refractivity (Wildman–Crippen MR) is 33.9 cm³/mol. The number of carbonyl (C=O) groups excluding carboxylic acids is 1. The van der Waals surface area contributed by atoms with Gasteiger partial charge in [-0.25, -0.2) is 0 Å². The smallest absolute Gasteiger partial charge is 0.223 e. The molecule has 1 N–H and O–H groups in total. The molecule has 1 aliphatic heterocycles. The number of fused-ring (bicyclic) bond motifs is 2. The molecule has 2 aliphatic rings. The van der Waals surface area contributed by atoms with Gasteiger partial charge in [0.2, 0.25) is 5.91 Å². The number of carbonyl (C=O) groups is 1. The number of rotatable bonds is 0. The van der Waals surface area contributed by atoms with Crippen molar-refractivity contribution < 1.29 is 4.79 Å². The van der Waals surface area contributed by atoms with Crippen LogP contribution in [0, 0.1) is 5.92 Å². The van der Waals surface area contributed by atoms with Crippen LogP contribution in [0.25, 0.3) is 0 Å². The van der Waals surface area contributed by atoms with Crippen LogP contribution >= 0.6 is 0 Å². The summed E-state index contributed by atoms with van der Waals surface area (Å²) in [4.78, 5) is 10.9. The molecule has 2 fully saturated rings. The fraction of sp³-hybridized carbons (Fsp3) is 0.857. The number of amides is 1. The Bertz CT molecular complexity index is 166. The van der Waals surface area contributed by atoms with Crippen LogP contribution in [0.15, 0.2) is 0 Å². The van der Waals surface area contributed by atoms with Gasteiger partial charge in [-0.3, -0.25) is 4.79 Å². The van der Waals surface area contributed by atoms with Gasteiger partial charge in [-0.05, 0) is 26.2 Å². The zero-order valence-electron chi connectivity index (χ0n) is 5.61. The fourth-order valence-corrected chi connectivity index (χ4v) is 1.98. The van der Waals surface area contributed by atoms with E-state index in [1.165, 1.54) is 6.42 Å². The molecule has 1 amide bonds. The number of hydrogen-bond donors (Lipinski definition) is 1. The van der Waals surface area contributed by atoms with Gasteiger partial charge in [0.15, 0.2) is 0 Å². The van der Waals surface area contributed by atoms with Crippen molar-refractivity contribution in [1.29, 1.82) is 0 Å². The molecule has 2 unspecified atom stereocenters. The van der Waals surface area contributed by atoms with E-state index in [2.05, 4.69) is 12.2 Å². The lowest BCUT2D eigenvalue weighted by atomic mass is 10.0. The first kappa shape index (κ1) is 5.27. The van der Waals surface area contributed by atoms with E-state index in [0.29, 0.717) is 5.92 Å². The van der Waals surface area contributed by atoms with Crippen LogP contribution in [0.2, 0.25) is 0 Å². The third-order valence-electron chi connectivity index (χ3n) is 2.54. The molecule has 1 aliphatic carbocycles. The highest BCUT2D eigenvalue weighted by atomic mass is 16.2. The molecule has 50 valence electrons. The molecular formula is C7H11NO. The molecule has 1 heterocycles. The topological polar surface area (TPSA) is 29.1 Å². The van der Waals surface area contributed by atoms with Crippen molar-refractivity contribution in [2.75, 3.05) is 0 Å². The van der Waals surface area contributed by atoms with E-state index in [1.54, 1.807) is 0 Å². The summed E-state index contributed by atoms with van der Waals surface area (Å²) < 4.78 is 0. The molecule has 2 heteroatoms. The maximum Gasteiger partial charge on any atom is 0.223 e. The number of hydrogen-bond acceptors (Lipinski definition) is 1. The largest absolute Gasteiger partial charge is 0.351 e. The van der Waals surface area contributed by atoms with Gasteiger partial charge in [-0.15, -0.1) is 0 Å². The number of nitrogens with one attached hydrogen (secondary N) is 1. The average Bonchev–Trinajstić information content (AvgIpc) is 2.20. The van der Waals surface area contributed by atoms with Crippen LogP contribution in [0.5, 0.6) is 0 Å². The zero-order valence-corrected chi connectivity index (χ0v) is 5.61. The normalized spacial score (nSPS) is 47.7. The summed E-state index contributed by atoms with van der Waals surface area (Å²) in [6, 6.07) is 0. The van der Waals surface area contributed by atoms with Gasteiger partial charge in [0.1, 0.15) is 0 Å². The van der Waals surface area contributed by atoms with E-state index in [1.807, 2.05) is 0 Å². The van der Waals surface area contributed by atoms with Crippen LogP contribution in [0.1, 0.15) is 26.2 Å². The fourth-order valence-electron chi connectivity index (χ4n) is 1.98. The Morgan fingerprint density at radius 3 is 2.78 bits per heavy atom. The molecule has 0 radical (unpaired) electrons. The van der Waals surface area contributed by atoms with Crippen molar-refractivity contribution in [3.63, 3.8) is 0 Å². The first-order valence-corrected chi connectivity index (χ1v) is 3.52. The maximum atomic E-state index is 10.9. The molecule has 0 aromatic heterocycles. The van der Waals surface area contributed by atoms with E-state index >= 15 is 0 Å². The SMILES string of the molecule is CC12CCC(C1)C(=O)N2. The molecule has 2 bridgehead atoms. The second-order valence-electron chi connectivity index (χ2n) is 3.49. The summed E-state index contributed by atoms with van der Waals surface area (Å²) in [5.74, 6) is 0.638. The summed E-state index contributed by atoms with van der Waals surface area (Å²) >= 11 is 0. The third kappa shape index (κ3) is 0.590. The lowest BCUT2D eigenvalue weighted by Gasteiger charge is -2.21. The average molecular weight is 125 g/mol. The second-order valence-corrected chi connectivity index (χ2v) is 3.49. The highest BCUT2D eigenvalue weighted by molar-refractivity contribution is 5.83. The van der Waals surface area contributed by atoms with Crippen LogP contribution in [-0.4, -0.2) is 11.4 Å². The van der Waals surface area contributed by atoms with Gasteiger partial charge in [0.05, 0.1) is 0 Å². The quantitative estimate of drug-likeness (QED) is 0.506. The molecule has 2 atom stereocenters. The van der Waals surface area contributed by atoms with Crippen LogP contribution < -0.4 is 5.32 Å². The van der Waals surface area contributed by atoms with E-state index in [-0.39, 0.29) is 11.4 Å². The van der Waals surface area contributed by atoms with Crippen LogP contribution in [0.3, 0.4) is 0 Å². The highest BCUT2D eigenvalue weighted by Crippen LogP contribution is 2.39. The minimum absolute atomic E-state index is 0.182. The molecule has 2 rings (SSSR count). The predicted octanol–water partition coefficient (Wildman–Crippen LogP) is 0.675. The molecular weight excluding hydrogens is 114 g/mol. The minimum atomic E-state index is 0.182. The van der Waals surface area contributed by atoms with Crippen molar-refractivity contribution in [2.24, 2.45) is 5.92 Å². The zero-order chi connectivity index (χ0) is 6.48. The van der Waals surface area contributed by atoms with Crippen LogP contribution in [0.4, 0.5) is 0 Å². The summed E-state index contributed by atoms with van der Waals surface area (Å²) in [5, 5.41) is 2.99. The van der Waals surface area contributed by atoms with Crippen molar-refractivity contribution in [3.8, 4) is 0 Å². The summed E-state index contributed by atoms with van der Waals surface area (Å²) in [6.07, 6.45) is 3.37. The summed E-state index contributed by atoms with van der Waals surface area (Å²) in [7, 11) is 0. The van der Waals surface area contributed by atoms with E-state index in [0.717, 1.165) is 12.8 Å². The van der Waals surface area contributed by atoms with Gasteiger partial charge in [-0.2, -0.15) is 0 Å². The third-order valence-corrected chi connectivity index (χ3v) is 2.54. The summed E-state index contributed by atoms with van der Waals surface area (Å²) in [5.41, 5.74) is 0.182. The van der Waals surface area contributed by atoms with E-state index < -0.39 is 0 Å². The van der Waals surface area contributed by atoms with Crippen molar-refractivity contribution >= 4 is 5.91 Å². The monoisotopic (exact) mass is 125 g/mol.